The average Bonchev–Trinajstić information content (AvgIpc) is 3.38. The number of carbonyl (C=O) groups excluding carboxylic acids is 9. The fourth-order valence-electron chi connectivity index (χ4n) is 9.53. The van der Waals surface area contributed by atoms with Crippen LogP contribution in [0.25, 0.3) is 0 Å². The summed E-state index contributed by atoms with van der Waals surface area (Å²) in [5.41, 5.74) is -1.66. The van der Waals surface area contributed by atoms with E-state index in [0.29, 0.717) is 19.5 Å². The van der Waals surface area contributed by atoms with Crippen LogP contribution in [0.15, 0.2) is 30.3 Å². The Kier molecular flexibility index (Phi) is 25.4. The number of rotatable bonds is 12. The molecule has 20 nitrogen and oxygen atoms in total. The van der Waals surface area contributed by atoms with Crippen molar-refractivity contribution < 1.29 is 53.0 Å². The first-order valence-corrected chi connectivity index (χ1v) is 28.5. The van der Waals surface area contributed by atoms with Gasteiger partial charge in [0.2, 0.25) is 53.2 Å². The molecule has 0 spiro atoms. The summed E-state index contributed by atoms with van der Waals surface area (Å²) < 4.78 is 6.13. The Morgan fingerprint density at radius 1 is 0.740 bits per heavy atom. The summed E-state index contributed by atoms with van der Waals surface area (Å²) in [4.78, 5) is 139. The van der Waals surface area contributed by atoms with Crippen LogP contribution in [-0.4, -0.2) is 214 Å². The van der Waals surface area contributed by atoms with Gasteiger partial charge in [-0.05, 0) is 90.0 Å². The molecule has 0 aliphatic carbocycles. The molecular formula is C56H93N9O11S. The van der Waals surface area contributed by atoms with Crippen molar-refractivity contribution in [2.24, 2.45) is 17.8 Å². The molecule has 9 atom stereocenters. The van der Waals surface area contributed by atoms with E-state index in [1.54, 1.807) is 32.6 Å². The summed E-state index contributed by atoms with van der Waals surface area (Å²) in [7, 11) is 7.17. The van der Waals surface area contributed by atoms with E-state index in [4.69, 9.17) is 4.74 Å². The highest BCUT2D eigenvalue weighted by atomic mass is 32.2. The van der Waals surface area contributed by atoms with Crippen molar-refractivity contribution in [1.82, 2.24) is 45.3 Å². The molecule has 434 valence electrons. The first-order chi connectivity index (χ1) is 35.9. The second kappa shape index (κ2) is 29.6. The Hall–Kier alpha value is -5.28. The van der Waals surface area contributed by atoms with Gasteiger partial charge in [-0.2, -0.15) is 0 Å². The molecule has 21 heteroatoms. The summed E-state index contributed by atoms with van der Waals surface area (Å²) in [6.45, 7) is 19.5. The molecule has 1 aromatic carbocycles. The molecule has 3 rings (SSSR count). The molecule has 0 saturated carbocycles. The molecule has 0 aromatic heterocycles. The normalized spacial score (nSPS) is 26.4. The van der Waals surface area contributed by atoms with Crippen LogP contribution < -0.4 is 16.0 Å². The van der Waals surface area contributed by atoms with E-state index in [1.807, 2.05) is 71.9 Å². The highest BCUT2D eigenvalue weighted by molar-refractivity contribution is 8.00. The van der Waals surface area contributed by atoms with Crippen molar-refractivity contribution in [3.8, 4) is 0 Å². The number of hydrogen-bond acceptors (Lipinski definition) is 12. The third kappa shape index (κ3) is 18.4. The predicted molar refractivity (Wildman–Crippen MR) is 298 cm³/mol. The number of nitrogens with one attached hydrogen (secondary N) is 3. The molecule has 2 saturated heterocycles. The summed E-state index contributed by atoms with van der Waals surface area (Å²) in [6.07, 6.45) is 1.81. The average molecular weight is 1100 g/mol. The van der Waals surface area contributed by atoms with Crippen molar-refractivity contribution >= 4 is 64.9 Å². The first kappa shape index (κ1) is 66.0. The first-order valence-electron chi connectivity index (χ1n) is 27.3. The molecule has 1 aromatic rings. The summed E-state index contributed by atoms with van der Waals surface area (Å²) in [5.74, 6) is -6.64. The maximum absolute atomic E-state index is 15.1. The molecule has 4 N–H and O–H groups in total. The maximum atomic E-state index is 15.1. The van der Waals surface area contributed by atoms with Gasteiger partial charge in [0, 0.05) is 60.5 Å². The number of nitrogens with zero attached hydrogens (tertiary/aromatic N) is 6. The number of benzene rings is 1. The van der Waals surface area contributed by atoms with E-state index >= 15 is 9.59 Å². The van der Waals surface area contributed by atoms with E-state index in [1.165, 1.54) is 61.8 Å². The smallest absolute Gasteiger partial charge is 0.248 e. The topological polar surface area (TPSA) is 239 Å². The Labute approximate surface area is 462 Å². The fourth-order valence-corrected chi connectivity index (χ4v) is 10.5. The highest BCUT2D eigenvalue weighted by Gasteiger charge is 2.48. The number of aliphatic hydroxyl groups is 1. The lowest BCUT2D eigenvalue weighted by atomic mass is 9.82. The molecule has 2 aliphatic heterocycles. The number of likely N-dealkylation sites (N-methyl/N-ethyl adjacent to an activating group) is 5. The third-order valence-electron chi connectivity index (χ3n) is 15.0. The van der Waals surface area contributed by atoms with Crippen molar-refractivity contribution in [1.29, 1.82) is 0 Å². The van der Waals surface area contributed by atoms with Crippen LogP contribution in [0.2, 0.25) is 0 Å². The number of piperidine rings is 1. The van der Waals surface area contributed by atoms with Crippen LogP contribution >= 0.6 is 11.8 Å². The molecule has 2 fully saturated rings. The quantitative estimate of drug-likeness (QED) is 0.237. The molecular weight excluding hydrogens is 1010 g/mol. The van der Waals surface area contributed by atoms with Crippen molar-refractivity contribution in [3.05, 3.63) is 35.9 Å². The van der Waals surface area contributed by atoms with Crippen molar-refractivity contribution in [2.75, 3.05) is 73.0 Å². The standard InChI is InChI=1S/C56H93N9O11S/c1-17-37(6)56(11)54(75)58-41(51(72)65-26-22-19-23-27-65)33-77-34-46(68)62(14)44(30-39-24-20-18-21-25-39)52(73)63(15)43(29-36(4)5)49(70)59-47(38(7)66)53(74)60(12)31-45(67)61(13)42(28-35(2)3)48(69)57-40(50(71)64(56)16)32-76-55(8,9)10/h18,20-21,24-25,35-38,40-44,47,66H,17,19,22-23,26-34H2,1-16H3,(H,57,69)(H,58,75)(H,59,70)/t37-,38+,40-,41-,42-,43-,44-,47-,56-/m0/s1. The molecule has 0 bridgehead atoms. The van der Waals surface area contributed by atoms with Gasteiger partial charge >= 0.3 is 0 Å². The zero-order valence-corrected chi connectivity index (χ0v) is 49.8. The van der Waals surface area contributed by atoms with Gasteiger partial charge in [-0.25, -0.2) is 0 Å². The van der Waals surface area contributed by atoms with E-state index in [-0.39, 0.29) is 55.1 Å². The number of carbonyl (C=O) groups is 9. The number of thioether (sulfide) groups is 1. The van der Waals surface area contributed by atoms with Crippen LogP contribution in [0.5, 0.6) is 0 Å². The van der Waals surface area contributed by atoms with E-state index in [0.717, 1.165) is 41.5 Å². The number of aliphatic hydroxyl groups excluding tert-OH is 1. The minimum absolute atomic E-state index is 0.0390. The van der Waals surface area contributed by atoms with E-state index in [2.05, 4.69) is 16.0 Å². The highest BCUT2D eigenvalue weighted by Crippen LogP contribution is 2.29. The summed E-state index contributed by atoms with van der Waals surface area (Å²) >= 11 is 1.11. The maximum Gasteiger partial charge on any atom is 0.248 e. The van der Waals surface area contributed by atoms with Gasteiger partial charge in [-0.1, -0.05) is 78.3 Å². The zero-order valence-electron chi connectivity index (χ0n) is 49.0. The second-order valence-corrected chi connectivity index (χ2v) is 24.2. The van der Waals surface area contributed by atoms with Gasteiger partial charge in [0.1, 0.15) is 41.8 Å². The fraction of sp³-hybridized carbons (Fsp3) is 0.732. The molecule has 0 unspecified atom stereocenters. The predicted octanol–water partition coefficient (Wildman–Crippen LogP) is 2.93. The Balaban J connectivity index is 2.29. The van der Waals surface area contributed by atoms with Crippen LogP contribution in [0.4, 0.5) is 0 Å². The summed E-state index contributed by atoms with van der Waals surface area (Å²) in [6, 6.07) is 1.54. The molecule has 2 aliphatic rings. The SMILES string of the molecule is CC[C@H](C)[C@@]1(C)C(=O)N[C@H](C(=O)N2CCCCC2)CSCC(=O)N(C)[C@@H](Cc2ccccc2)C(=O)N(C)[C@@H](CC(C)C)C(=O)N[C@@H]([C@@H](C)O)C(=O)N(C)CC(=O)N(C)[C@@H](CC(C)C)C(=O)N[C@@H](COC(C)(C)C)C(=O)N1C. The number of likely N-dealkylation sites (tertiary alicyclic amines) is 1. The van der Waals surface area contributed by atoms with Gasteiger partial charge < -0.3 is 55.2 Å². The number of ether oxygens (including phenoxy) is 1. The minimum Gasteiger partial charge on any atom is -0.391 e. The van der Waals surface area contributed by atoms with Gasteiger partial charge in [-0.3, -0.25) is 43.2 Å². The third-order valence-corrected chi connectivity index (χ3v) is 16.0. The Bertz CT molecular complexity index is 2190. The molecule has 0 radical (unpaired) electrons. The van der Waals surface area contributed by atoms with Crippen molar-refractivity contribution in [3.63, 3.8) is 0 Å². The Morgan fingerprint density at radius 2 is 1.29 bits per heavy atom. The Morgan fingerprint density at radius 3 is 1.82 bits per heavy atom. The van der Waals surface area contributed by atoms with Gasteiger partial charge in [0.05, 0.1) is 30.6 Å². The van der Waals surface area contributed by atoms with Gasteiger partial charge in [0.15, 0.2) is 0 Å². The van der Waals surface area contributed by atoms with E-state index < -0.39 is 113 Å². The van der Waals surface area contributed by atoms with Gasteiger partial charge in [-0.15, -0.1) is 11.8 Å². The summed E-state index contributed by atoms with van der Waals surface area (Å²) in [5, 5.41) is 19.5. The molecule has 2 heterocycles. The molecule has 77 heavy (non-hydrogen) atoms. The van der Waals surface area contributed by atoms with E-state index in [9.17, 15) is 38.7 Å². The monoisotopic (exact) mass is 1100 g/mol. The second-order valence-electron chi connectivity index (χ2n) is 23.1. The number of amides is 9. The number of hydrogen-bond donors (Lipinski definition) is 4. The van der Waals surface area contributed by atoms with Crippen LogP contribution in [0.1, 0.15) is 120 Å². The van der Waals surface area contributed by atoms with Gasteiger partial charge in [0.25, 0.3) is 0 Å². The van der Waals surface area contributed by atoms with Crippen LogP contribution in [0.3, 0.4) is 0 Å². The van der Waals surface area contributed by atoms with Crippen LogP contribution in [0, 0.1) is 17.8 Å². The van der Waals surface area contributed by atoms with Crippen molar-refractivity contribution in [2.45, 2.75) is 175 Å². The largest absolute Gasteiger partial charge is 0.391 e. The lowest BCUT2D eigenvalue weighted by Crippen LogP contribution is -2.67. The lowest BCUT2D eigenvalue weighted by Gasteiger charge is -2.44. The zero-order chi connectivity index (χ0) is 58.3. The minimum atomic E-state index is -1.62. The molecule has 9 amide bonds. The van der Waals surface area contributed by atoms with Crippen LogP contribution in [-0.2, 0) is 54.3 Å². The lowest BCUT2D eigenvalue weighted by molar-refractivity contribution is -0.154.